The van der Waals surface area contributed by atoms with Crippen molar-refractivity contribution in [3.05, 3.63) is 29.3 Å². The Morgan fingerprint density at radius 1 is 1.18 bits per heavy atom. The van der Waals surface area contributed by atoms with Crippen molar-refractivity contribution in [3.8, 4) is 11.8 Å². The summed E-state index contributed by atoms with van der Waals surface area (Å²) < 4.78 is 51.2. The number of nitriles is 1. The Bertz CT molecular complexity index is 781. The monoisotopic (exact) mass is 396 g/mol. The molecule has 3 atom stereocenters. The molecule has 0 aromatic heterocycles. The van der Waals surface area contributed by atoms with Gasteiger partial charge < -0.3 is 14.4 Å². The highest BCUT2D eigenvalue weighted by Gasteiger charge is 2.46. The minimum atomic E-state index is -4.61. The van der Waals surface area contributed by atoms with E-state index in [0.717, 1.165) is 18.9 Å². The van der Waals surface area contributed by atoms with E-state index in [2.05, 4.69) is 0 Å². The van der Waals surface area contributed by atoms with E-state index in [4.69, 9.17) is 14.7 Å². The number of hydrogen-bond donors (Lipinski definition) is 0. The van der Waals surface area contributed by atoms with E-state index < -0.39 is 23.4 Å². The van der Waals surface area contributed by atoms with Crippen LogP contribution in [0.15, 0.2) is 18.2 Å². The summed E-state index contributed by atoms with van der Waals surface area (Å²) in [6.07, 6.45) is -2.96. The number of amides is 1. The van der Waals surface area contributed by atoms with Gasteiger partial charge in [0.1, 0.15) is 17.5 Å². The fourth-order valence-electron chi connectivity index (χ4n) is 3.94. The van der Waals surface area contributed by atoms with Crippen LogP contribution in [0, 0.1) is 11.3 Å². The summed E-state index contributed by atoms with van der Waals surface area (Å²) in [5.41, 5.74) is -1.62. The van der Waals surface area contributed by atoms with E-state index in [1.54, 1.807) is 31.7 Å². The molecule has 0 radical (unpaired) electrons. The Hall–Kier alpha value is -2.43. The molecule has 2 aliphatic heterocycles. The summed E-state index contributed by atoms with van der Waals surface area (Å²) in [4.78, 5) is 14.2. The predicted octanol–water partition coefficient (Wildman–Crippen LogP) is 4.89. The van der Waals surface area contributed by atoms with Crippen molar-refractivity contribution in [1.82, 2.24) is 4.90 Å². The van der Waals surface area contributed by atoms with E-state index in [0.29, 0.717) is 12.8 Å². The highest BCUT2D eigenvalue weighted by molar-refractivity contribution is 5.69. The molecule has 5 nitrogen and oxygen atoms in total. The van der Waals surface area contributed by atoms with Gasteiger partial charge in [0.05, 0.1) is 17.2 Å². The lowest BCUT2D eigenvalue weighted by Crippen LogP contribution is -2.50. The first kappa shape index (κ1) is 20.3. The van der Waals surface area contributed by atoms with Crippen LogP contribution >= 0.6 is 0 Å². The molecule has 28 heavy (non-hydrogen) atoms. The number of fused-ring (bicyclic) bond motifs is 2. The zero-order valence-corrected chi connectivity index (χ0v) is 16.0. The molecule has 2 fully saturated rings. The minimum Gasteiger partial charge on any atom is -0.490 e. The summed E-state index contributed by atoms with van der Waals surface area (Å²) >= 11 is 0. The average Bonchev–Trinajstić information content (AvgIpc) is 2.84. The lowest BCUT2D eigenvalue weighted by atomic mass is 10.00. The summed E-state index contributed by atoms with van der Waals surface area (Å²) in [7, 11) is 0. The molecule has 2 bridgehead atoms. The smallest absolute Gasteiger partial charge is 0.420 e. The lowest BCUT2D eigenvalue weighted by Gasteiger charge is -2.39. The molecular weight excluding hydrogens is 373 g/mol. The van der Waals surface area contributed by atoms with E-state index >= 15 is 0 Å². The number of alkyl halides is 3. The van der Waals surface area contributed by atoms with Gasteiger partial charge in [-0.1, -0.05) is 0 Å². The van der Waals surface area contributed by atoms with Gasteiger partial charge in [-0.05, 0) is 51.8 Å². The van der Waals surface area contributed by atoms with Gasteiger partial charge in [0.25, 0.3) is 0 Å². The maximum atomic E-state index is 13.4. The molecule has 0 unspecified atom stereocenters. The Labute approximate surface area is 162 Å². The fourth-order valence-corrected chi connectivity index (χ4v) is 3.94. The van der Waals surface area contributed by atoms with Gasteiger partial charge in [0, 0.05) is 24.9 Å². The molecule has 1 aromatic carbocycles. The maximum Gasteiger partial charge on any atom is 0.420 e. The summed E-state index contributed by atoms with van der Waals surface area (Å²) in [5, 5.41) is 8.87. The van der Waals surface area contributed by atoms with Crippen LogP contribution in [0.4, 0.5) is 18.0 Å². The zero-order chi connectivity index (χ0) is 20.7. The molecule has 2 aliphatic rings. The second-order valence-electron chi connectivity index (χ2n) is 8.30. The van der Waals surface area contributed by atoms with Gasteiger partial charge in [0.2, 0.25) is 0 Å². The Kier molecular flexibility index (Phi) is 5.22. The number of hydrogen-bond acceptors (Lipinski definition) is 4. The van der Waals surface area contributed by atoms with Crippen LogP contribution in [-0.4, -0.2) is 34.8 Å². The molecule has 0 saturated carbocycles. The second-order valence-corrected chi connectivity index (χ2v) is 8.30. The molecule has 1 aromatic rings. The highest BCUT2D eigenvalue weighted by atomic mass is 19.4. The van der Waals surface area contributed by atoms with Gasteiger partial charge in [-0.25, -0.2) is 4.79 Å². The third-order valence-corrected chi connectivity index (χ3v) is 5.00. The number of benzene rings is 1. The van der Waals surface area contributed by atoms with Crippen molar-refractivity contribution >= 4 is 6.09 Å². The highest BCUT2D eigenvalue weighted by Crippen LogP contribution is 2.41. The van der Waals surface area contributed by atoms with Crippen molar-refractivity contribution in [2.45, 2.75) is 76.4 Å². The third kappa shape index (κ3) is 4.34. The summed E-state index contributed by atoms with van der Waals surface area (Å²) in [6.45, 7) is 5.39. The second kappa shape index (κ2) is 7.19. The largest absolute Gasteiger partial charge is 0.490 e. The zero-order valence-electron chi connectivity index (χ0n) is 16.0. The predicted molar refractivity (Wildman–Crippen MR) is 94.7 cm³/mol. The van der Waals surface area contributed by atoms with Gasteiger partial charge in [-0.15, -0.1) is 0 Å². The van der Waals surface area contributed by atoms with Crippen LogP contribution in [0.1, 0.15) is 57.6 Å². The maximum absolute atomic E-state index is 13.4. The van der Waals surface area contributed by atoms with Crippen molar-refractivity contribution in [1.29, 1.82) is 5.26 Å². The Morgan fingerprint density at radius 2 is 1.79 bits per heavy atom. The van der Waals surface area contributed by atoms with Crippen LogP contribution in [0.5, 0.6) is 5.75 Å². The van der Waals surface area contributed by atoms with Crippen molar-refractivity contribution in [2.24, 2.45) is 0 Å². The number of ether oxygens (including phenoxy) is 2. The molecule has 2 heterocycles. The Morgan fingerprint density at radius 3 is 2.29 bits per heavy atom. The topological polar surface area (TPSA) is 62.6 Å². The van der Waals surface area contributed by atoms with E-state index in [1.807, 2.05) is 0 Å². The van der Waals surface area contributed by atoms with E-state index in [9.17, 15) is 18.0 Å². The first-order valence-electron chi connectivity index (χ1n) is 9.27. The van der Waals surface area contributed by atoms with Crippen molar-refractivity contribution < 1.29 is 27.4 Å². The van der Waals surface area contributed by atoms with Crippen molar-refractivity contribution in [3.63, 3.8) is 0 Å². The van der Waals surface area contributed by atoms with Gasteiger partial charge >= 0.3 is 12.3 Å². The van der Waals surface area contributed by atoms with Crippen LogP contribution in [-0.2, 0) is 10.9 Å². The van der Waals surface area contributed by atoms with Crippen LogP contribution < -0.4 is 4.74 Å². The fraction of sp³-hybridized carbons (Fsp3) is 0.600. The SMILES string of the molecule is CC(C)(C)OC(=O)N1[C@@H]2CC[C@H]1C[C@@H](Oc1ccc(C#N)cc1C(F)(F)F)C2. The van der Waals surface area contributed by atoms with Crippen molar-refractivity contribution in [2.75, 3.05) is 0 Å². The quantitative estimate of drug-likeness (QED) is 0.714. The Balaban J connectivity index is 1.74. The molecule has 8 heteroatoms. The number of halogens is 3. The molecule has 0 N–H and O–H groups in total. The van der Waals surface area contributed by atoms with Crippen LogP contribution in [0.3, 0.4) is 0 Å². The first-order chi connectivity index (χ1) is 13.0. The van der Waals surface area contributed by atoms with Gasteiger partial charge in [-0.2, -0.15) is 18.4 Å². The molecule has 2 saturated heterocycles. The molecule has 3 rings (SSSR count). The number of piperidine rings is 1. The van der Waals surface area contributed by atoms with Gasteiger partial charge in [0.15, 0.2) is 0 Å². The standard InChI is InChI=1S/C20H23F3N2O3/c1-19(2,3)28-18(26)25-13-5-6-14(25)10-15(9-13)27-17-7-4-12(11-24)8-16(17)20(21,22)23/h4,7-8,13-15H,5-6,9-10H2,1-3H3/t13-,14+,15+. The first-order valence-corrected chi connectivity index (χ1v) is 9.27. The molecule has 1 amide bonds. The summed E-state index contributed by atoms with van der Waals surface area (Å²) in [6, 6.07) is 4.82. The molecule has 0 aliphatic carbocycles. The molecular formula is C20H23F3N2O3. The summed E-state index contributed by atoms with van der Waals surface area (Å²) in [5.74, 6) is -0.276. The third-order valence-electron chi connectivity index (χ3n) is 5.00. The average molecular weight is 396 g/mol. The normalized spacial score (nSPS) is 24.6. The van der Waals surface area contributed by atoms with Gasteiger partial charge in [-0.3, -0.25) is 0 Å². The van der Waals surface area contributed by atoms with E-state index in [-0.39, 0.29) is 29.5 Å². The number of nitrogens with zero attached hydrogens (tertiary/aromatic N) is 2. The molecule has 152 valence electrons. The van der Waals surface area contributed by atoms with Crippen LogP contribution in [0.2, 0.25) is 0 Å². The number of rotatable bonds is 2. The molecule has 0 spiro atoms. The van der Waals surface area contributed by atoms with Crippen LogP contribution in [0.25, 0.3) is 0 Å². The number of carbonyl (C=O) groups is 1. The van der Waals surface area contributed by atoms with E-state index in [1.165, 1.54) is 12.1 Å². The number of carbonyl (C=O) groups excluding carboxylic acids is 1. The minimum absolute atomic E-state index is 0.0699. The lowest BCUT2D eigenvalue weighted by molar-refractivity contribution is -0.139.